The van der Waals surface area contributed by atoms with Gasteiger partial charge in [0.05, 0.1) is 18.1 Å². The second kappa shape index (κ2) is 15.6. The number of unbranched alkanes of at least 4 members (excludes halogenated alkanes) is 2. The van der Waals surface area contributed by atoms with Gasteiger partial charge in [-0.25, -0.2) is 9.18 Å². The molecule has 5 atom stereocenters. The SMILES string of the molecule is CC(C)[C@H](NC(=O)c1ccc(F)cc1)C(=O)N[C@H](C=O)CCCCNC(=O)CCCC[C@@H]1SC[C@@H]2NC(=O)N[C@@H]21. The van der Waals surface area contributed by atoms with Crippen molar-refractivity contribution in [2.45, 2.75) is 88.2 Å². The molecule has 3 rings (SSSR count). The normalized spacial score (nSPS) is 21.1. The van der Waals surface area contributed by atoms with Crippen LogP contribution in [0.25, 0.3) is 0 Å². The quantitative estimate of drug-likeness (QED) is 0.116. The van der Waals surface area contributed by atoms with Crippen LogP contribution in [0, 0.1) is 11.7 Å². The molecular formula is C28H40FN5O5S. The Balaban J connectivity index is 1.28. The first-order valence-electron chi connectivity index (χ1n) is 14.0. The lowest BCUT2D eigenvalue weighted by atomic mass is 10.0. The van der Waals surface area contributed by atoms with Crippen LogP contribution in [0.1, 0.15) is 69.2 Å². The van der Waals surface area contributed by atoms with Gasteiger partial charge in [0.1, 0.15) is 18.1 Å². The third-order valence-corrected chi connectivity index (χ3v) is 8.69. The van der Waals surface area contributed by atoms with E-state index >= 15 is 0 Å². The second-order valence-corrected chi connectivity index (χ2v) is 11.9. The predicted molar refractivity (Wildman–Crippen MR) is 151 cm³/mol. The largest absolute Gasteiger partial charge is 0.356 e. The summed E-state index contributed by atoms with van der Waals surface area (Å²) in [5.41, 5.74) is 0.233. The highest BCUT2D eigenvalue weighted by Crippen LogP contribution is 2.33. The Hall–Kier alpha value is -3.15. The van der Waals surface area contributed by atoms with Crippen molar-refractivity contribution in [2.24, 2.45) is 5.92 Å². The maximum absolute atomic E-state index is 13.1. The first-order valence-corrected chi connectivity index (χ1v) is 15.0. The summed E-state index contributed by atoms with van der Waals surface area (Å²) in [5, 5.41) is 14.6. The molecule has 5 amide bonds. The van der Waals surface area contributed by atoms with Crippen molar-refractivity contribution in [3.05, 3.63) is 35.6 Å². The lowest BCUT2D eigenvalue weighted by Gasteiger charge is -2.23. The molecule has 12 heteroatoms. The number of aldehydes is 1. The summed E-state index contributed by atoms with van der Waals surface area (Å²) in [6.45, 7) is 4.05. The molecule has 10 nitrogen and oxygen atoms in total. The van der Waals surface area contributed by atoms with Crippen LogP contribution >= 0.6 is 11.8 Å². The fraction of sp³-hybridized carbons (Fsp3) is 0.607. The van der Waals surface area contributed by atoms with Crippen LogP contribution in [-0.2, 0) is 14.4 Å². The smallest absolute Gasteiger partial charge is 0.315 e. The van der Waals surface area contributed by atoms with Crippen LogP contribution in [0.15, 0.2) is 24.3 Å². The molecule has 0 aliphatic carbocycles. The zero-order chi connectivity index (χ0) is 29.1. The summed E-state index contributed by atoms with van der Waals surface area (Å²) < 4.78 is 13.1. The molecule has 0 spiro atoms. The van der Waals surface area contributed by atoms with Crippen LogP contribution in [0.2, 0.25) is 0 Å². The van der Waals surface area contributed by atoms with E-state index in [9.17, 15) is 28.4 Å². The number of rotatable bonds is 16. The van der Waals surface area contributed by atoms with E-state index in [1.807, 2.05) is 11.8 Å². The van der Waals surface area contributed by atoms with Crippen LogP contribution in [0.5, 0.6) is 0 Å². The highest BCUT2D eigenvalue weighted by Gasteiger charge is 2.42. The van der Waals surface area contributed by atoms with E-state index in [4.69, 9.17) is 0 Å². The number of carbonyl (C=O) groups excluding carboxylic acids is 5. The molecule has 1 aromatic rings. The maximum atomic E-state index is 13.1. The lowest BCUT2D eigenvalue weighted by molar-refractivity contribution is -0.126. The summed E-state index contributed by atoms with van der Waals surface area (Å²) in [6, 6.07) is 3.76. The van der Waals surface area contributed by atoms with E-state index in [-0.39, 0.29) is 35.5 Å². The number of halogens is 1. The van der Waals surface area contributed by atoms with Crippen molar-refractivity contribution in [3.63, 3.8) is 0 Å². The fourth-order valence-electron chi connectivity index (χ4n) is 4.89. The average Bonchev–Trinajstić information content (AvgIpc) is 3.47. The molecule has 220 valence electrons. The van der Waals surface area contributed by atoms with E-state index in [0.29, 0.717) is 43.8 Å². The van der Waals surface area contributed by atoms with Gasteiger partial charge in [-0.15, -0.1) is 0 Å². The molecule has 2 aliphatic heterocycles. The number of amides is 5. The number of fused-ring (bicyclic) bond motifs is 1. The summed E-state index contributed by atoms with van der Waals surface area (Å²) in [6.07, 6.45) is 5.50. The molecular weight excluding hydrogens is 537 g/mol. The minimum absolute atomic E-state index is 0.00954. The minimum Gasteiger partial charge on any atom is -0.356 e. The van der Waals surface area contributed by atoms with Crippen LogP contribution in [-0.4, -0.2) is 71.8 Å². The van der Waals surface area contributed by atoms with Crippen molar-refractivity contribution >= 4 is 41.8 Å². The molecule has 2 aliphatic rings. The van der Waals surface area contributed by atoms with Crippen LogP contribution < -0.4 is 26.6 Å². The molecule has 0 bridgehead atoms. The summed E-state index contributed by atoms with van der Waals surface area (Å²) in [5.74, 6) is -0.747. The molecule has 0 saturated carbocycles. The zero-order valence-electron chi connectivity index (χ0n) is 23.0. The molecule has 1 aromatic carbocycles. The van der Waals surface area contributed by atoms with Gasteiger partial charge in [-0.2, -0.15) is 11.8 Å². The van der Waals surface area contributed by atoms with Crippen LogP contribution in [0.3, 0.4) is 0 Å². The Kier molecular flexibility index (Phi) is 12.2. The Morgan fingerprint density at radius 3 is 2.52 bits per heavy atom. The lowest BCUT2D eigenvalue weighted by Crippen LogP contribution is -2.52. The molecule has 0 aromatic heterocycles. The number of hydrogen-bond acceptors (Lipinski definition) is 6. The van der Waals surface area contributed by atoms with Crippen molar-refractivity contribution < 1.29 is 28.4 Å². The van der Waals surface area contributed by atoms with Gasteiger partial charge in [-0.05, 0) is 62.3 Å². The Labute approximate surface area is 238 Å². The predicted octanol–water partition coefficient (Wildman–Crippen LogP) is 2.28. The van der Waals surface area contributed by atoms with Crippen molar-refractivity contribution in [3.8, 4) is 0 Å². The van der Waals surface area contributed by atoms with Crippen molar-refractivity contribution in [1.82, 2.24) is 26.6 Å². The Morgan fingerprint density at radius 1 is 1.07 bits per heavy atom. The van der Waals surface area contributed by atoms with Gasteiger partial charge < -0.3 is 31.4 Å². The minimum atomic E-state index is -0.860. The number of nitrogens with one attached hydrogen (secondary N) is 5. The first kappa shape index (κ1) is 31.4. The van der Waals surface area contributed by atoms with E-state index < -0.39 is 29.7 Å². The third kappa shape index (κ3) is 9.50. The number of hydrogen-bond donors (Lipinski definition) is 5. The molecule has 0 unspecified atom stereocenters. The zero-order valence-corrected chi connectivity index (χ0v) is 23.9. The first-order chi connectivity index (χ1) is 19.2. The van der Waals surface area contributed by atoms with Gasteiger partial charge in [-0.3, -0.25) is 14.4 Å². The summed E-state index contributed by atoms with van der Waals surface area (Å²) in [7, 11) is 0. The molecule has 40 heavy (non-hydrogen) atoms. The highest BCUT2D eigenvalue weighted by atomic mass is 32.2. The summed E-state index contributed by atoms with van der Waals surface area (Å²) >= 11 is 1.87. The third-order valence-electron chi connectivity index (χ3n) is 7.18. The highest BCUT2D eigenvalue weighted by molar-refractivity contribution is 8.00. The number of carbonyl (C=O) groups is 5. The van der Waals surface area contributed by atoms with Gasteiger partial charge >= 0.3 is 6.03 Å². The Morgan fingerprint density at radius 2 is 1.82 bits per heavy atom. The van der Waals surface area contributed by atoms with Crippen molar-refractivity contribution in [1.29, 1.82) is 0 Å². The molecule has 2 saturated heterocycles. The second-order valence-electron chi connectivity index (χ2n) is 10.7. The number of thioether (sulfide) groups is 1. The summed E-state index contributed by atoms with van der Waals surface area (Å²) in [4.78, 5) is 60.5. The van der Waals surface area contributed by atoms with E-state index in [2.05, 4.69) is 26.6 Å². The van der Waals surface area contributed by atoms with Gasteiger partial charge in [0.25, 0.3) is 5.91 Å². The standard InChI is InChI=1S/C28H40FN5O5S/c1-17(2)24(33-26(37)18-10-12-19(29)13-11-18)27(38)31-20(15-35)7-5-6-14-30-23(36)9-4-3-8-22-25-21(16-40-22)32-28(39)34-25/h10-13,15,17,20-22,24-25H,3-9,14,16H2,1-2H3,(H,30,36)(H,31,38)(H,33,37)(H2,32,34,39)/t20-,21-,22-,24-,25-/m0/s1. The monoisotopic (exact) mass is 577 g/mol. The van der Waals surface area contributed by atoms with Gasteiger partial charge in [0, 0.05) is 29.5 Å². The maximum Gasteiger partial charge on any atom is 0.315 e. The molecule has 5 N–H and O–H groups in total. The molecule has 0 radical (unpaired) electrons. The van der Waals surface area contributed by atoms with Gasteiger partial charge in [-0.1, -0.05) is 20.3 Å². The molecule has 2 heterocycles. The topological polar surface area (TPSA) is 146 Å². The van der Waals surface area contributed by atoms with E-state index in [0.717, 1.165) is 25.0 Å². The van der Waals surface area contributed by atoms with Crippen molar-refractivity contribution in [2.75, 3.05) is 12.3 Å². The molecule has 2 fully saturated rings. The van der Waals surface area contributed by atoms with Crippen LogP contribution in [0.4, 0.5) is 9.18 Å². The fourth-order valence-corrected chi connectivity index (χ4v) is 6.43. The number of urea groups is 1. The average molecular weight is 578 g/mol. The van der Waals surface area contributed by atoms with Gasteiger partial charge in [0.2, 0.25) is 11.8 Å². The van der Waals surface area contributed by atoms with Gasteiger partial charge in [0.15, 0.2) is 0 Å². The Bertz CT molecular complexity index is 1040. The number of benzene rings is 1. The van der Waals surface area contributed by atoms with E-state index in [1.54, 1.807) is 13.8 Å². The van der Waals surface area contributed by atoms with E-state index in [1.165, 1.54) is 24.3 Å².